The van der Waals surface area contributed by atoms with Gasteiger partial charge in [0.15, 0.2) is 0 Å². The molecule has 0 fully saturated rings. The van der Waals surface area contributed by atoms with E-state index in [4.69, 9.17) is 16.3 Å². The van der Waals surface area contributed by atoms with Crippen molar-refractivity contribution >= 4 is 35.2 Å². The van der Waals surface area contributed by atoms with E-state index in [1.807, 2.05) is 39.0 Å². The first-order valence-electron chi connectivity index (χ1n) is 12.0. The smallest absolute Gasteiger partial charge is 0.505 e. The Hall–Kier alpha value is -3.61. The first-order valence-corrected chi connectivity index (χ1v) is 12.3. The molecule has 1 heterocycles. The Balaban J connectivity index is 0.000000269. The van der Waals surface area contributed by atoms with Gasteiger partial charge in [-0.25, -0.2) is 0 Å². The molecule has 0 bridgehead atoms. The summed E-state index contributed by atoms with van der Waals surface area (Å²) >= 11 is 5.99. The fourth-order valence-electron chi connectivity index (χ4n) is 3.44. The van der Waals surface area contributed by atoms with Crippen molar-refractivity contribution in [3.63, 3.8) is 0 Å². The minimum Gasteiger partial charge on any atom is -0.505 e. The molecule has 7 nitrogen and oxygen atoms in total. The Morgan fingerprint density at radius 3 is 1.77 bits per heavy atom. The number of fused-ring (bicyclic) bond motifs is 1. The number of aromatic hydroxyl groups is 1. The summed E-state index contributed by atoms with van der Waals surface area (Å²) in [4.78, 5) is 21.2. The van der Waals surface area contributed by atoms with E-state index in [-0.39, 0.29) is 37.4 Å². The molecule has 0 aliphatic rings. The Bertz CT molecular complexity index is 1490. The van der Waals surface area contributed by atoms with E-state index < -0.39 is 0 Å². The molecule has 0 saturated carbocycles. The van der Waals surface area contributed by atoms with Gasteiger partial charge < -0.3 is 19.4 Å². The van der Waals surface area contributed by atoms with Crippen LogP contribution < -0.4 is 4.74 Å². The van der Waals surface area contributed by atoms with Gasteiger partial charge in [-0.2, -0.15) is 35.4 Å². The summed E-state index contributed by atoms with van der Waals surface area (Å²) in [5, 5.41) is 20.1. The van der Waals surface area contributed by atoms with Crippen LogP contribution in [0, 0.1) is 0 Å². The number of rotatable bonds is 4. The summed E-state index contributed by atoms with van der Waals surface area (Å²) in [7, 11) is 1.59. The van der Waals surface area contributed by atoms with Crippen LogP contribution in [0.4, 0.5) is 0 Å². The second-order valence-corrected chi connectivity index (χ2v) is 9.79. The molecule has 40 heavy (non-hydrogen) atoms. The molecule has 1 N–H and O–H groups in total. The number of aromatic nitrogens is 3. The number of halogens is 1. The van der Waals surface area contributed by atoms with Crippen molar-refractivity contribution in [1.29, 1.82) is 0 Å². The van der Waals surface area contributed by atoms with Crippen molar-refractivity contribution in [3.8, 4) is 17.2 Å². The largest absolute Gasteiger partial charge is 2.00 e. The van der Waals surface area contributed by atoms with Gasteiger partial charge in [0.25, 0.3) is 0 Å². The first-order chi connectivity index (χ1) is 18.7. The van der Waals surface area contributed by atoms with Gasteiger partial charge in [0.05, 0.1) is 19.7 Å². The van der Waals surface area contributed by atoms with Crippen molar-refractivity contribution in [1.82, 2.24) is 15.0 Å². The Kier molecular flexibility index (Phi) is 12.4. The van der Waals surface area contributed by atoms with Crippen LogP contribution in [-0.4, -0.2) is 39.8 Å². The zero-order chi connectivity index (χ0) is 28.4. The second kappa shape index (κ2) is 15.3. The van der Waals surface area contributed by atoms with Gasteiger partial charge in [-0.3, -0.25) is 0 Å². The average Bonchev–Trinajstić information content (AvgIpc) is 3.37. The van der Waals surface area contributed by atoms with E-state index in [2.05, 4.69) is 10.2 Å². The van der Waals surface area contributed by atoms with Gasteiger partial charge >= 0.3 is 26.2 Å². The first kappa shape index (κ1) is 32.6. The number of benzene rings is 4. The molecule has 0 spiro atoms. The predicted octanol–water partition coefficient (Wildman–Crippen LogP) is 6.37. The summed E-state index contributed by atoms with van der Waals surface area (Å²) in [6.07, 6.45) is 3.55. The molecule has 5 rings (SSSR count). The molecule has 202 valence electrons. The number of ether oxygens (including phenoxy) is 1. The second-order valence-electron chi connectivity index (χ2n) is 9.35. The molecule has 0 atom stereocenters. The Morgan fingerprint density at radius 2 is 1.32 bits per heavy atom. The zero-order valence-electron chi connectivity index (χ0n) is 22.6. The quantitative estimate of drug-likeness (QED) is 0.231. The molecular formula is C31H28ClN3O4Zr. The average molecular weight is 633 g/mol. The van der Waals surface area contributed by atoms with Crippen molar-refractivity contribution < 1.29 is 45.6 Å². The standard InChI is InChI=1S/C17H18ClN3O2.2C7H5O.Zr/c1-17(2,3)12-8-11(23-4)9-15(16(12)22)21-19-13-6-5-10(18)7-14(13)20-21;2*8-6-7-4-2-1-3-5-7;/h5-9,22H,1-4H3;2*1-5H;/q;2*-1;+2. The zero-order valence-corrected chi connectivity index (χ0v) is 25.8. The summed E-state index contributed by atoms with van der Waals surface area (Å²) in [6, 6.07) is 26.6. The third-order valence-corrected chi connectivity index (χ3v) is 5.68. The summed E-state index contributed by atoms with van der Waals surface area (Å²) in [5.74, 6) is 0.784. The summed E-state index contributed by atoms with van der Waals surface area (Å²) in [5.41, 5.74) is 3.57. The fraction of sp³-hybridized carbons (Fsp3) is 0.161. The number of nitrogens with zero attached hydrogens (tertiary/aromatic N) is 3. The van der Waals surface area contributed by atoms with E-state index in [1.54, 1.807) is 92.5 Å². The van der Waals surface area contributed by atoms with Crippen LogP contribution in [0.3, 0.4) is 0 Å². The summed E-state index contributed by atoms with van der Waals surface area (Å²) < 4.78 is 5.36. The summed E-state index contributed by atoms with van der Waals surface area (Å²) in [6.45, 7) is 6.08. The van der Waals surface area contributed by atoms with Crippen molar-refractivity contribution in [2.75, 3.05) is 7.11 Å². The maximum absolute atomic E-state index is 10.7. The molecule has 4 aromatic carbocycles. The number of carbonyl (C=O) groups excluding carboxylic acids is 2. The Labute approximate surface area is 257 Å². The molecule has 0 aliphatic carbocycles. The van der Waals surface area contributed by atoms with E-state index in [1.165, 1.54) is 4.80 Å². The van der Waals surface area contributed by atoms with Gasteiger partial charge in [-0.1, -0.05) is 44.5 Å². The van der Waals surface area contributed by atoms with Crippen LogP contribution in [0.5, 0.6) is 11.5 Å². The van der Waals surface area contributed by atoms with Crippen LogP contribution in [-0.2, 0) is 41.2 Å². The molecule has 0 amide bonds. The van der Waals surface area contributed by atoms with Gasteiger partial charge in [-0.15, -0.1) is 39.3 Å². The van der Waals surface area contributed by atoms with E-state index in [0.717, 1.165) is 5.56 Å². The molecule has 0 radical (unpaired) electrons. The van der Waals surface area contributed by atoms with Gasteiger partial charge in [0.2, 0.25) is 0 Å². The molecular weight excluding hydrogens is 605 g/mol. The van der Waals surface area contributed by atoms with Crippen LogP contribution in [0.25, 0.3) is 16.7 Å². The van der Waals surface area contributed by atoms with Crippen LogP contribution >= 0.6 is 11.6 Å². The third-order valence-electron chi connectivity index (χ3n) is 5.45. The third kappa shape index (κ3) is 8.97. The monoisotopic (exact) mass is 631 g/mol. The number of hydrogen-bond donors (Lipinski definition) is 1. The molecule has 1 aromatic heterocycles. The number of phenolic OH excluding ortho intramolecular Hbond substituents is 1. The topological polar surface area (TPSA) is 94.3 Å². The predicted molar refractivity (Wildman–Crippen MR) is 153 cm³/mol. The van der Waals surface area contributed by atoms with E-state index >= 15 is 0 Å². The van der Waals surface area contributed by atoms with Gasteiger partial charge in [0.1, 0.15) is 28.2 Å². The van der Waals surface area contributed by atoms with Crippen LogP contribution in [0.15, 0.2) is 91.0 Å². The van der Waals surface area contributed by atoms with Crippen molar-refractivity contribution in [2.24, 2.45) is 0 Å². The Morgan fingerprint density at radius 1 is 0.800 bits per heavy atom. The normalized spacial score (nSPS) is 10.2. The maximum atomic E-state index is 10.7. The molecule has 5 aromatic rings. The fourth-order valence-corrected chi connectivity index (χ4v) is 3.61. The van der Waals surface area contributed by atoms with Gasteiger partial charge in [0, 0.05) is 16.7 Å². The van der Waals surface area contributed by atoms with E-state index in [9.17, 15) is 14.7 Å². The van der Waals surface area contributed by atoms with Gasteiger partial charge in [-0.05, 0) is 29.7 Å². The van der Waals surface area contributed by atoms with Crippen molar-refractivity contribution in [2.45, 2.75) is 26.2 Å². The molecule has 9 heteroatoms. The van der Waals surface area contributed by atoms with Crippen LogP contribution in [0.2, 0.25) is 5.02 Å². The number of hydrogen-bond acceptors (Lipinski definition) is 6. The molecule has 0 unspecified atom stereocenters. The molecule has 0 aliphatic heterocycles. The number of methoxy groups -OCH3 is 1. The maximum Gasteiger partial charge on any atom is 2.00 e. The SMILES string of the molecule is COc1cc(-n2nc3ccc(Cl)cc3n2)c(O)c(C(C)(C)C)c1.O=[C-]c1ccccc1.O=[C-]c1ccccc1.[Zr+2]. The van der Waals surface area contributed by atoms with Crippen molar-refractivity contribution in [3.05, 3.63) is 113 Å². The molecule has 0 saturated heterocycles. The number of phenols is 1. The van der Waals surface area contributed by atoms with Crippen LogP contribution in [0.1, 0.15) is 37.5 Å². The minimum atomic E-state index is -0.247. The van der Waals surface area contributed by atoms with E-state index in [0.29, 0.717) is 38.6 Å². The minimum absolute atomic E-state index is 0.